The Hall–Kier alpha value is -0.330. The Bertz CT molecular complexity index is 357. The molecule has 0 bridgehead atoms. The van der Waals surface area contributed by atoms with Crippen molar-refractivity contribution in [2.75, 3.05) is 13.1 Å². The highest BCUT2D eigenvalue weighted by molar-refractivity contribution is 14.1. The van der Waals surface area contributed by atoms with E-state index in [0.29, 0.717) is 19.5 Å². The van der Waals surface area contributed by atoms with Gasteiger partial charge in [0, 0.05) is 16.5 Å². The second-order valence-electron chi connectivity index (χ2n) is 4.33. The molecule has 1 aromatic carbocycles. The molecule has 0 aliphatic carbocycles. The Morgan fingerprint density at radius 3 is 2.47 bits per heavy atom. The molecule has 0 spiro atoms. The van der Waals surface area contributed by atoms with Crippen LogP contribution in [0.4, 0.5) is 0 Å². The minimum absolute atomic E-state index is 0. The molecule has 0 atom stereocenters. The van der Waals surface area contributed by atoms with E-state index >= 15 is 0 Å². The molecular weight excluding hydrogens is 375 g/mol. The number of aryl methyl sites for hydroxylation is 1. The van der Waals surface area contributed by atoms with Crippen molar-refractivity contribution in [3.05, 3.63) is 33.4 Å². The summed E-state index contributed by atoms with van der Waals surface area (Å²) in [7, 11) is 0. The van der Waals surface area contributed by atoms with Gasteiger partial charge in [-0.05, 0) is 72.5 Å². The van der Waals surface area contributed by atoms with Crippen LogP contribution in [0.3, 0.4) is 0 Å². The van der Waals surface area contributed by atoms with E-state index in [1.54, 1.807) is 0 Å². The molecule has 0 aromatic heterocycles. The van der Waals surface area contributed by atoms with E-state index in [1.165, 1.54) is 9.13 Å². The smallest absolute Gasteiger partial charge is 0.219 e. The fraction of sp³-hybridized carbons (Fsp3) is 0.500. The number of hydrogen-bond donors (Lipinski definition) is 2. The van der Waals surface area contributed by atoms with Crippen molar-refractivity contribution in [3.8, 4) is 0 Å². The summed E-state index contributed by atoms with van der Waals surface area (Å²) in [6.07, 6.45) is 4.53. The molecule has 0 saturated heterocycles. The number of rotatable bonds is 8. The molecule has 0 radical (unpaired) electrons. The van der Waals surface area contributed by atoms with Gasteiger partial charge in [0.15, 0.2) is 0 Å². The molecule has 0 saturated carbocycles. The van der Waals surface area contributed by atoms with Gasteiger partial charge in [0.1, 0.15) is 0 Å². The predicted octanol–water partition coefficient (Wildman–Crippen LogP) is 2.89. The third-order valence-corrected chi connectivity index (χ3v) is 3.45. The highest BCUT2D eigenvalue weighted by atomic mass is 127. The first kappa shape index (κ1) is 18.7. The lowest BCUT2D eigenvalue weighted by atomic mass is 10.1. The van der Waals surface area contributed by atoms with E-state index < -0.39 is 0 Å². The van der Waals surface area contributed by atoms with Crippen molar-refractivity contribution in [2.24, 2.45) is 5.73 Å². The molecular formula is C14H22ClIN2O. The van der Waals surface area contributed by atoms with E-state index in [-0.39, 0.29) is 18.3 Å². The Kier molecular flexibility index (Phi) is 11.3. The molecule has 19 heavy (non-hydrogen) atoms. The lowest BCUT2D eigenvalue weighted by Crippen LogP contribution is -2.25. The standard InChI is InChI=1S/C14H21IN2O.ClH/c15-13-8-6-12(7-9-13)4-1-2-5-14(18)17-11-3-10-16;/h6-9H,1-5,10-11,16H2,(H,17,18);1H. The van der Waals surface area contributed by atoms with Gasteiger partial charge in [-0.15, -0.1) is 12.4 Å². The Balaban J connectivity index is 0.00000324. The van der Waals surface area contributed by atoms with E-state index in [1.807, 2.05) is 0 Å². The monoisotopic (exact) mass is 396 g/mol. The van der Waals surface area contributed by atoms with Crippen LogP contribution < -0.4 is 11.1 Å². The Labute approximate surface area is 135 Å². The van der Waals surface area contributed by atoms with Crippen molar-refractivity contribution < 1.29 is 4.79 Å². The number of unbranched alkanes of at least 4 members (excludes halogenated alkanes) is 1. The molecule has 108 valence electrons. The van der Waals surface area contributed by atoms with Crippen molar-refractivity contribution in [3.63, 3.8) is 0 Å². The quantitative estimate of drug-likeness (QED) is 0.524. The molecule has 0 unspecified atom stereocenters. The summed E-state index contributed by atoms with van der Waals surface area (Å²) in [5.41, 5.74) is 6.71. The number of halogens is 2. The summed E-state index contributed by atoms with van der Waals surface area (Å²) < 4.78 is 1.26. The zero-order valence-corrected chi connectivity index (χ0v) is 14.0. The van der Waals surface area contributed by atoms with Crippen LogP contribution in [0, 0.1) is 3.57 Å². The number of carbonyl (C=O) groups excluding carboxylic acids is 1. The van der Waals surface area contributed by atoms with Gasteiger partial charge in [-0.3, -0.25) is 4.79 Å². The third kappa shape index (κ3) is 9.24. The highest BCUT2D eigenvalue weighted by Gasteiger charge is 2.00. The molecule has 0 aliphatic rings. The molecule has 1 aromatic rings. The maximum absolute atomic E-state index is 11.4. The summed E-state index contributed by atoms with van der Waals surface area (Å²) >= 11 is 2.30. The zero-order valence-electron chi connectivity index (χ0n) is 11.0. The number of amides is 1. The molecule has 3 nitrogen and oxygen atoms in total. The Morgan fingerprint density at radius 2 is 1.84 bits per heavy atom. The van der Waals surface area contributed by atoms with E-state index in [9.17, 15) is 4.79 Å². The van der Waals surface area contributed by atoms with Crippen LogP contribution >= 0.6 is 35.0 Å². The van der Waals surface area contributed by atoms with Crippen LogP contribution in [-0.2, 0) is 11.2 Å². The summed E-state index contributed by atoms with van der Waals surface area (Å²) in [5.74, 6) is 0.145. The topological polar surface area (TPSA) is 55.1 Å². The molecule has 0 fully saturated rings. The first-order chi connectivity index (χ1) is 8.72. The fourth-order valence-corrected chi connectivity index (χ4v) is 2.04. The average molecular weight is 397 g/mol. The van der Waals surface area contributed by atoms with Crippen LogP contribution in [0.2, 0.25) is 0 Å². The maximum atomic E-state index is 11.4. The molecule has 5 heteroatoms. The van der Waals surface area contributed by atoms with Crippen LogP contribution in [0.1, 0.15) is 31.2 Å². The van der Waals surface area contributed by atoms with Gasteiger partial charge in [0.05, 0.1) is 0 Å². The molecule has 1 amide bonds. The van der Waals surface area contributed by atoms with Crippen LogP contribution in [0.5, 0.6) is 0 Å². The van der Waals surface area contributed by atoms with E-state index in [2.05, 4.69) is 52.2 Å². The van der Waals surface area contributed by atoms with Crippen molar-refractivity contribution in [1.82, 2.24) is 5.32 Å². The minimum Gasteiger partial charge on any atom is -0.356 e. The first-order valence-electron chi connectivity index (χ1n) is 6.43. The largest absolute Gasteiger partial charge is 0.356 e. The zero-order chi connectivity index (χ0) is 13.2. The normalized spacial score (nSPS) is 9.79. The summed E-state index contributed by atoms with van der Waals surface area (Å²) in [6, 6.07) is 8.55. The maximum Gasteiger partial charge on any atom is 0.219 e. The van der Waals surface area contributed by atoms with Crippen LogP contribution in [-0.4, -0.2) is 19.0 Å². The number of hydrogen-bond acceptors (Lipinski definition) is 2. The van der Waals surface area contributed by atoms with Gasteiger partial charge in [-0.2, -0.15) is 0 Å². The van der Waals surface area contributed by atoms with Gasteiger partial charge in [0.25, 0.3) is 0 Å². The summed E-state index contributed by atoms with van der Waals surface area (Å²) in [4.78, 5) is 11.4. The fourth-order valence-electron chi connectivity index (χ4n) is 1.68. The highest BCUT2D eigenvalue weighted by Crippen LogP contribution is 2.10. The van der Waals surface area contributed by atoms with Gasteiger partial charge in [0.2, 0.25) is 5.91 Å². The first-order valence-corrected chi connectivity index (χ1v) is 7.51. The third-order valence-electron chi connectivity index (χ3n) is 2.74. The lowest BCUT2D eigenvalue weighted by molar-refractivity contribution is -0.121. The van der Waals surface area contributed by atoms with Crippen molar-refractivity contribution in [2.45, 2.75) is 32.1 Å². The van der Waals surface area contributed by atoms with E-state index in [0.717, 1.165) is 25.7 Å². The molecule has 0 aliphatic heterocycles. The number of carbonyl (C=O) groups is 1. The van der Waals surface area contributed by atoms with E-state index in [4.69, 9.17) is 5.73 Å². The van der Waals surface area contributed by atoms with Crippen LogP contribution in [0.25, 0.3) is 0 Å². The molecule has 0 heterocycles. The van der Waals surface area contributed by atoms with Gasteiger partial charge >= 0.3 is 0 Å². The molecule has 1 rings (SSSR count). The Morgan fingerprint density at radius 1 is 1.16 bits per heavy atom. The van der Waals surface area contributed by atoms with Crippen molar-refractivity contribution in [1.29, 1.82) is 0 Å². The summed E-state index contributed by atoms with van der Waals surface area (Å²) in [5, 5.41) is 2.87. The second-order valence-corrected chi connectivity index (χ2v) is 5.57. The minimum atomic E-state index is 0. The van der Waals surface area contributed by atoms with Gasteiger partial charge in [-0.25, -0.2) is 0 Å². The SMILES string of the molecule is Cl.NCCCNC(=O)CCCCc1ccc(I)cc1. The van der Waals surface area contributed by atoms with Gasteiger partial charge < -0.3 is 11.1 Å². The second kappa shape index (κ2) is 11.5. The average Bonchev–Trinajstić information content (AvgIpc) is 2.37. The van der Waals surface area contributed by atoms with Gasteiger partial charge in [-0.1, -0.05) is 12.1 Å². The number of nitrogens with two attached hydrogens (primary N) is 1. The van der Waals surface area contributed by atoms with Crippen molar-refractivity contribution >= 4 is 40.9 Å². The lowest BCUT2D eigenvalue weighted by Gasteiger charge is -2.04. The van der Waals surface area contributed by atoms with Crippen LogP contribution in [0.15, 0.2) is 24.3 Å². The molecule has 3 N–H and O–H groups in total. The predicted molar refractivity (Wildman–Crippen MR) is 90.6 cm³/mol. The number of nitrogens with one attached hydrogen (secondary N) is 1. The summed E-state index contributed by atoms with van der Waals surface area (Å²) in [6.45, 7) is 1.33. The number of benzene rings is 1.